The zero-order valence-electron chi connectivity index (χ0n) is 68.9. The average molecular weight is 1500 g/mol. The van der Waals surface area contributed by atoms with Crippen LogP contribution in [-0.4, -0.2) is 0 Å². The van der Waals surface area contributed by atoms with Gasteiger partial charge in [0.05, 0.1) is 22.7 Å². The molecule has 0 heterocycles. The highest BCUT2D eigenvalue weighted by Crippen LogP contribution is 2.64. The van der Waals surface area contributed by atoms with Crippen molar-refractivity contribution in [3.63, 3.8) is 0 Å². The van der Waals surface area contributed by atoms with Crippen LogP contribution in [0.3, 0.4) is 0 Å². The van der Waals surface area contributed by atoms with Gasteiger partial charge < -0.3 is 9.80 Å². The van der Waals surface area contributed by atoms with E-state index in [1.807, 2.05) is 0 Å². The molecule has 0 amide bonds. The van der Waals surface area contributed by atoms with Gasteiger partial charge in [0.2, 0.25) is 0 Å². The van der Waals surface area contributed by atoms with Crippen molar-refractivity contribution in [2.75, 3.05) is 9.80 Å². The van der Waals surface area contributed by atoms with Crippen molar-refractivity contribution in [2.24, 2.45) is 0 Å². The van der Waals surface area contributed by atoms with E-state index in [4.69, 9.17) is 0 Å². The minimum Gasteiger partial charge on any atom is -0.309 e. The highest BCUT2D eigenvalue weighted by atomic mass is 15.2. The van der Waals surface area contributed by atoms with Gasteiger partial charge in [-0.05, 0) is 266 Å². The Hall–Kier alpha value is -12.9. The molecule has 0 aromatic heterocycles. The van der Waals surface area contributed by atoms with Crippen LogP contribution in [0.4, 0.5) is 34.1 Å². The van der Waals surface area contributed by atoms with Gasteiger partial charge in [-0.25, -0.2) is 0 Å². The Labute approximate surface area is 690 Å². The molecule has 6 aliphatic carbocycles. The van der Waals surface area contributed by atoms with Crippen LogP contribution in [0.5, 0.6) is 0 Å². The molecule has 0 saturated heterocycles. The van der Waals surface area contributed by atoms with Gasteiger partial charge in [-0.15, -0.1) is 0 Å². The molecular weight excluding hydrogens is 1410 g/mol. The molecule has 0 bridgehead atoms. The lowest BCUT2D eigenvalue weighted by Crippen LogP contribution is -2.25. The summed E-state index contributed by atoms with van der Waals surface area (Å²) >= 11 is 0. The molecule has 0 fully saturated rings. The van der Waals surface area contributed by atoms with Crippen molar-refractivity contribution in [2.45, 2.75) is 122 Å². The molecule has 1 unspecified atom stereocenters. The van der Waals surface area contributed by atoms with Gasteiger partial charge in [0.25, 0.3) is 0 Å². The van der Waals surface area contributed by atoms with Crippen molar-refractivity contribution in [1.29, 1.82) is 0 Å². The number of rotatable bonds is 12. The second kappa shape index (κ2) is 25.3. The van der Waals surface area contributed by atoms with Gasteiger partial charge in [-0.1, -0.05) is 330 Å². The first-order valence-corrected chi connectivity index (χ1v) is 42.1. The third kappa shape index (κ3) is 10.3. The van der Waals surface area contributed by atoms with Gasteiger partial charge in [0, 0.05) is 66.1 Å². The van der Waals surface area contributed by atoms with Crippen LogP contribution >= 0.6 is 0 Å². The van der Waals surface area contributed by atoms with Crippen LogP contribution in [0, 0.1) is 6.92 Å². The van der Waals surface area contributed by atoms with E-state index in [1.165, 1.54) is 195 Å². The summed E-state index contributed by atoms with van der Waals surface area (Å²) in [6, 6.07) is 131. The first kappa shape index (κ1) is 70.7. The fourth-order valence-electron chi connectivity index (χ4n) is 22.4. The average Bonchev–Trinajstić information content (AvgIpc) is 1.54. The summed E-state index contributed by atoms with van der Waals surface area (Å²) in [7, 11) is 0. The number of nitrogens with zero attached hydrogens (tertiary/aromatic N) is 2. The maximum absolute atomic E-state index is 2.66. The Morgan fingerprint density at radius 3 is 1.09 bits per heavy atom. The number of fused-ring (bicyclic) bond motifs is 18. The Morgan fingerprint density at radius 1 is 0.197 bits per heavy atom. The molecule has 2 heteroatoms. The fraction of sp³-hybridized carbons (Fsp3) is 0.165. The first-order valence-electron chi connectivity index (χ1n) is 42.1. The maximum Gasteiger partial charge on any atom is 0.0543 e. The quantitative estimate of drug-likeness (QED) is 0.120. The fourth-order valence-corrected chi connectivity index (χ4v) is 22.4. The van der Waals surface area contributed by atoms with E-state index in [0.29, 0.717) is 0 Å². The van der Waals surface area contributed by atoms with Gasteiger partial charge in [-0.2, -0.15) is 0 Å². The molecule has 16 aromatic rings. The molecule has 0 spiro atoms. The third-order valence-electron chi connectivity index (χ3n) is 28.6. The molecule has 0 radical (unpaired) electrons. The highest BCUT2D eigenvalue weighted by molar-refractivity contribution is 6.04. The van der Waals surface area contributed by atoms with E-state index < -0.39 is 5.41 Å². The Bertz CT molecular complexity index is 6880. The standard InChI is InChI=1S/C115H94N2/c1-70-47-53-84-89-66-103-91(68-101(89)113(8,9)96(84)59-70)109-95(44-30-46-107(109)117(79-52-56-83-81-40-26-28-42-93(81)111(4,5)99(83)64-79)105-58-50-76(72-31-17-13-18-32-72)61-87(105)75-37-23-16-24-38-75)115(103,12)69-71-48-57-104(86(60-71)74-35-21-15-22-36-74)116(78-51-55-82-80-39-25-27-41-92(80)110(2,3)98(82)63-78)106-45-29-43-94-108(106)90-67-100-88(65-102(90)112(94,6)7)85-54-49-77(62-97(85)114(100,10)11)73-33-19-14-20-34-73/h13-68H,69H2,1-12H3. The van der Waals surface area contributed by atoms with Crippen LogP contribution in [-0.2, 0) is 38.9 Å². The second-order valence-corrected chi connectivity index (χ2v) is 37.0. The van der Waals surface area contributed by atoms with E-state index in [-0.39, 0.29) is 27.1 Å². The normalized spacial score (nSPS) is 16.4. The minimum atomic E-state index is -0.540. The summed E-state index contributed by atoms with van der Waals surface area (Å²) in [6.07, 6.45) is 0.732. The molecule has 6 aliphatic rings. The van der Waals surface area contributed by atoms with E-state index in [2.05, 4.69) is 433 Å². The molecule has 0 aliphatic heterocycles. The van der Waals surface area contributed by atoms with E-state index in [0.717, 1.165) is 34.9 Å². The molecule has 0 saturated carbocycles. The molecule has 117 heavy (non-hydrogen) atoms. The largest absolute Gasteiger partial charge is 0.309 e. The van der Waals surface area contributed by atoms with Crippen molar-refractivity contribution >= 4 is 34.1 Å². The molecule has 1 atom stereocenters. The molecule has 564 valence electrons. The monoisotopic (exact) mass is 1500 g/mol. The minimum absolute atomic E-state index is 0.241. The van der Waals surface area contributed by atoms with E-state index in [1.54, 1.807) is 0 Å². The Morgan fingerprint density at radius 2 is 0.547 bits per heavy atom. The zero-order valence-corrected chi connectivity index (χ0v) is 68.9. The van der Waals surface area contributed by atoms with E-state index in [9.17, 15) is 0 Å². The molecule has 0 N–H and O–H groups in total. The number of anilines is 6. The molecule has 2 nitrogen and oxygen atoms in total. The van der Waals surface area contributed by atoms with Crippen LogP contribution < -0.4 is 9.80 Å². The van der Waals surface area contributed by atoms with Crippen LogP contribution in [0.1, 0.15) is 154 Å². The van der Waals surface area contributed by atoms with Crippen molar-refractivity contribution in [3.05, 3.63) is 418 Å². The second-order valence-electron chi connectivity index (χ2n) is 37.0. The summed E-state index contributed by atoms with van der Waals surface area (Å²) in [5, 5.41) is 0. The summed E-state index contributed by atoms with van der Waals surface area (Å²) < 4.78 is 0. The van der Waals surface area contributed by atoms with Gasteiger partial charge in [0.15, 0.2) is 0 Å². The van der Waals surface area contributed by atoms with Gasteiger partial charge in [-0.3, -0.25) is 0 Å². The lowest BCUT2D eigenvalue weighted by atomic mass is 9.74. The third-order valence-corrected chi connectivity index (χ3v) is 28.6. The smallest absolute Gasteiger partial charge is 0.0543 e. The lowest BCUT2D eigenvalue weighted by molar-refractivity contribution is 0.582. The Balaban J connectivity index is 0.759. The molecular formula is C115H94N2. The summed E-state index contributed by atoms with van der Waals surface area (Å²) in [6.45, 7) is 29.2. The highest BCUT2D eigenvalue weighted by Gasteiger charge is 2.48. The van der Waals surface area contributed by atoms with Crippen LogP contribution in [0.2, 0.25) is 0 Å². The summed E-state index contributed by atoms with van der Waals surface area (Å²) in [4.78, 5) is 5.31. The van der Waals surface area contributed by atoms with Crippen LogP contribution in [0.15, 0.2) is 340 Å². The van der Waals surface area contributed by atoms with Crippen molar-refractivity contribution in [3.8, 4) is 111 Å². The number of aryl methyl sites for hydroxylation is 1. The predicted octanol–water partition coefficient (Wildman–Crippen LogP) is 30.7. The summed E-state index contributed by atoms with van der Waals surface area (Å²) in [5.74, 6) is 0. The van der Waals surface area contributed by atoms with Crippen molar-refractivity contribution < 1.29 is 0 Å². The van der Waals surface area contributed by atoms with E-state index >= 15 is 0 Å². The number of hydrogen-bond donors (Lipinski definition) is 0. The maximum atomic E-state index is 2.66. The lowest BCUT2D eigenvalue weighted by Gasteiger charge is -2.33. The summed E-state index contributed by atoms with van der Waals surface area (Å²) in [5.41, 5.74) is 49.2. The number of benzene rings is 16. The van der Waals surface area contributed by atoms with Gasteiger partial charge >= 0.3 is 0 Å². The SMILES string of the molecule is Cc1ccc2c(c1)C(C)(C)c1cc3c(cc1-2)C(C)(Cc1ccc(N(c2ccc4c(c2)C(C)(C)c2ccccc2-4)c2cccc4c2-c2cc5c(cc2C4(C)C)-c2ccc(-c4ccccc4)cc2C5(C)C)c(-c2ccccc2)c1)c1cccc(N(c2ccc4c(c2)C(C)(C)c2ccccc2-4)c2ccc(-c4ccccc4)cc2-c2ccccc2)c1-3. The Kier molecular flexibility index (Phi) is 15.3. The molecule has 16 aromatic carbocycles. The predicted molar refractivity (Wildman–Crippen MR) is 492 cm³/mol. The topological polar surface area (TPSA) is 6.48 Å². The molecule has 22 rings (SSSR count). The zero-order chi connectivity index (χ0) is 79.6. The van der Waals surface area contributed by atoms with Crippen molar-refractivity contribution in [1.82, 2.24) is 0 Å². The van der Waals surface area contributed by atoms with Crippen LogP contribution in [0.25, 0.3) is 111 Å². The number of hydrogen-bond acceptors (Lipinski definition) is 2. The van der Waals surface area contributed by atoms with Gasteiger partial charge in [0.1, 0.15) is 0 Å². The first-order chi connectivity index (χ1) is 56.6.